The molecule has 0 bridgehead atoms. The molecule has 0 unspecified atom stereocenters. The number of benzene rings is 1. The molecule has 1 aromatic heterocycles. The number of nitrogen functional groups attached to an aromatic ring is 1. The SMILES string of the molecule is Nc1c(N2CCCC2)ncnc1N1CCN(Cc2ccccc2)CC1. The predicted octanol–water partition coefficient (Wildman–Crippen LogP) is 1.98. The van der Waals surface area contributed by atoms with Crippen LogP contribution < -0.4 is 15.5 Å². The smallest absolute Gasteiger partial charge is 0.157 e. The fraction of sp³-hybridized carbons (Fsp3) is 0.474. The third-order valence-corrected chi connectivity index (χ3v) is 5.17. The Balaban J connectivity index is 1.41. The lowest BCUT2D eigenvalue weighted by Crippen LogP contribution is -2.46. The van der Waals surface area contributed by atoms with Crippen molar-refractivity contribution in [2.24, 2.45) is 0 Å². The Hall–Kier alpha value is -2.34. The molecule has 0 atom stereocenters. The zero-order chi connectivity index (χ0) is 17.1. The monoisotopic (exact) mass is 338 g/mol. The molecule has 6 heteroatoms. The van der Waals surface area contributed by atoms with Crippen LogP contribution in [-0.2, 0) is 6.54 Å². The molecule has 0 radical (unpaired) electrons. The lowest BCUT2D eigenvalue weighted by molar-refractivity contribution is 0.249. The number of nitrogens with two attached hydrogens (primary N) is 1. The molecule has 0 saturated carbocycles. The minimum atomic E-state index is 0.737. The molecule has 3 heterocycles. The Bertz CT molecular complexity index is 690. The van der Waals surface area contributed by atoms with Gasteiger partial charge in [0.25, 0.3) is 0 Å². The minimum Gasteiger partial charge on any atom is -0.393 e. The molecule has 6 nitrogen and oxygen atoms in total. The number of hydrogen-bond donors (Lipinski definition) is 1. The van der Waals surface area contributed by atoms with Crippen LogP contribution in [0.25, 0.3) is 0 Å². The van der Waals surface area contributed by atoms with Crippen LogP contribution in [0.4, 0.5) is 17.3 Å². The Labute approximate surface area is 149 Å². The maximum absolute atomic E-state index is 6.43. The zero-order valence-electron chi connectivity index (χ0n) is 14.6. The number of nitrogens with zero attached hydrogens (tertiary/aromatic N) is 5. The molecule has 2 saturated heterocycles. The molecule has 0 amide bonds. The van der Waals surface area contributed by atoms with Crippen molar-refractivity contribution in [1.82, 2.24) is 14.9 Å². The summed E-state index contributed by atoms with van der Waals surface area (Å²) in [6.07, 6.45) is 4.10. The summed E-state index contributed by atoms with van der Waals surface area (Å²) in [5.41, 5.74) is 8.54. The lowest BCUT2D eigenvalue weighted by Gasteiger charge is -2.36. The summed E-state index contributed by atoms with van der Waals surface area (Å²) in [4.78, 5) is 16.0. The summed E-state index contributed by atoms with van der Waals surface area (Å²) in [5.74, 6) is 1.81. The molecule has 132 valence electrons. The van der Waals surface area contributed by atoms with Crippen LogP contribution in [0.2, 0.25) is 0 Å². The van der Waals surface area contributed by atoms with Crippen molar-refractivity contribution in [3.63, 3.8) is 0 Å². The molecule has 2 aliphatic heterocycles. The first-order valence-corrected chi connectivity index (χ1v) is 9.18. The quantitative estimate of drug-likeness (QED) is 0.920. The molecule has 4 rings (SSSR count). The van der Waals surface area contributed by atoms with Gasteiger partial charge in [-0.2, -0.15) is 0 Å². The number of hydrogen-bond acceptors (Lipinski definition) is 6. The molecule has 2 N–H and O–H groups in total. The van der Waals surface area contributed by atoms with Gasteiger partial charge in [0.15, 0.2) is 11.6 Å². The maximum atomic E-state index is 6.43. The fourth-order valence-electron chi connectivity index (χ4n) is 3.77. The van der Waals surface area contributed by atoms with Crippen molar-refractivity contribution in [1.29, 1.82) is 0 Å². The van der Waals surface area contributed by atoms with E-state index in [1.54, 1.807) is 6.33 Å². The van der Waals surface area contributed by atoms with Gasteiger partial charge in [-0.05, 0) is 18.4 Å². The average molecular weight is 338 g/mol. The summed E-state index contributed by atoms with van der Waals surface area (Å²) in [5, 5.41) is 0. The van der Waals surface area contributed by atoms with Gasteiger partial charge in [-0.3, -0.25) is 4.90 Å². The standard InChI is InChI=1S/C19H26N6/c20-17-18(24-8-4-5-9-24)21-15-22-19(17)25-12-10-23(11-13-25)14-16-6-2-1-3-7-16/h1-3,6-7,15H,4-5,8-14,20H2. The van der Waals surface area contributed by atoms with Gasteiger partial charge in [0.2, 0.25) is 0 Å². The van der Waals surface area contributed by atoms with Gasteiger partial charge >= 0.3 is 0 Å². The van der Waals surface area contributed by atoms with E-state index in [0.29, 0.717) is 0 Å². The van der Waals surface area contributed by atoms with Crippen LogP contribution in [-0.4, -0.2) is 54.1 Å². The second-order valence-corrected chi connectivity index (χ2v) is 6.88. The van der Waals surface area contributed by atoms with E-state index < -0.39 is 0 Å². The topological polar surface area (TPSA) is 61.5 Å². The van der Waals surface area contributed by atoms with Gasteiger partial charge in [0, 0.05) is 45.8 Å². The van der Waals surface area contributed by atoms with Gasteiger partial charge < -0.3 is 15.5 Å². The summed E-state index contributed by atoms with van der Waals surface area (Å²) in [6, 6.07) is 10.7. The number of piperazine rings is 1. The van der Waals surface area contributed by atoms with Crippen molar-refractivity contribution in [2.45, 2.75) is 19.4 Å². The highest BCUT2D eigenvalue weighted by Crippen LogP contribution is 2.31. The largest absolute Gasteiger partial charge is 0.393 e. The van der Waals surface area contributed by atoms with Crippen LogP contribution in [0.15, 0.2) is 36.7 Å². The molecule has 0 aliphatic carbocycles. The molecular weight excluding hydrogens is 312 g/mol. The van der Waals surface area contributed by atoms with E-state index in [2.05, 4.69) is 55.0 Å². The summed E-state index contributed by atoms with van der Waals surface area (Å²) in [7, 11) is 0. The van der Waals surface area contributed by atoms with E-state index in [4.69, 9.17) is 5.73 Å². The highest BCUT2D eigenvalue weighted by molar-refractivity contribution is 5.76. The Kier molecular flexibility index (Phi) is 4.70. The van der Waals surface area contributed by atoms with Crippen LogP contribution in [0.3, 0.4) is 0 Å². The first-order chi connectivity index (χ1) is 12.3. The van der Waals surface area contributed by atoms with Crippen molar-refractivity contribution in [3.05, 3.63) is 42.2 Å². The number of anilines is 3. The summed E-state index contributed by atoms with van der Waals surface area (Å²) in [6.45, 7) is 7.06. The van der Waals surface area contributed by atoms with E-state index in [1.165, 1.54) is 18.4 Å². The number of rotatable bonds is 4. The van der Waals surface area contributed by atoms with Crippen molar-refractivity contribution in [2.75, 3.05) is 54.8 Å². The molecule has 2 aromatic rings. The first kappa shape index (κ1) is 16.1. The van der Waals surface area contributed by atoms with Gasteiger partial charge in [-0.1, -0.05) is 30.3 Å². The second kappa shape index (κ2) is 7.27. The van der Waals surface area contributed by atoms with E-state index in [1.807, 2.05) is 0 Å². The molecule has 0 spiro atoms. The van der Waals surface area contributed by atoms with Crippen LogP contribution in [0.1, 0.15) is 18.4 Å². The first-order valence-electron chi connectivity index (χ1n) is 9.18. The van der Waals surface area contributed by atoms with Gasteiger partial charge in [0.1, 0.15) is 12.0 Å². The Morgan fingerprint density at radius 1 is 0.800 bits per heavy atom. The third kappa shape index (κ3) is 3.54. The molecule has 1 aromatic carbocycles. The average Bonchev–Trinajstić information content (AvgIpc) is 3.18. The summed E-state index contributed by atoms with van der Waals surface area (Å²) >= 11 is 0. The van der Waals surface area contributed by atoms with E-state index in [9.17, 15) is 0 Å². The van der Waals surface area contributed by atoms with Gasteiger partial charge in [0.05, 0.1) is 0 Å². The van der Waals surface area contributed by atoms with Crippen molar-refractivity contribution >= 4 is 17.3 Å². The molecule has 2 aliphatic rings. The van der Waals surface area contributed by atoms with Gasteiger partial charge in [-0.15, -0.1) is 0 Å². The maximum Gasteiger partial charge on any atom is 0.157 e. The summed E-state index contributed by atoms with van der Waals surface area (Å²) < 4.78 is 0. The van der Waals surface area contributed by atoms with Crippen molar-refractivity contribution < 1.29 is 0 Å². The third-order valence-electron chi connectivity index (χ3n) is 5.17. The number of aromatic nitrogens is 2. The highest BCUT2D eigenvalue weighted by atomic mass is 15.3. The molecule has 25 heavy (non-hydrogen) atoms. The lowest BCUT2D eigenvalue weighted by atomic mass is 10.2. The Morgan fingerprint density at radius 2 is 1.40 bits per heavy atom. The molecule has 2 fully saturated rings. The normalized spacial score (nSPS) is 18.7. The second-order valence-electron chi connectivity index (χ2n) is 6.88. The van der Waals surface area contributed by atoms with Crippen LogP contribution in [0, 0.1) is 0 Å². The highest BCUT2D eigenvalue weighted by Gasteiger charge is 2.24. The zero-order valence-corrected chi connectivity index (χ0v) is 14.6. The van der Waals surface area contributed by atoms with Crippen molar-refractivity contribution in [3.8, 4) is 0 Å². The molecular formula is C19H26N6. The minimum absolute atomic E-state index is 0.737. The van der Waals surface area contributed by atoms with Crippen LogP contribution >= 0.6 is 0 Å². The predicted molar refractivity (Wildman–Crippen MR) is 102 cm³/mol. The van der Waals surface area contributed by atoms with E-state index in [-0.39, 0.29) is 0 Å². The Morgan fingerprint density at radius 3 is 2.04 bits per heavy atom. The van der Waals surface area contributed by atoms with E-state index >= 15 is 0 Å². The van der Waals surface area contributed by atoms with E-state index in [0.717, 1.165) is 63.1 Å². The van der Waals surface area contributed by atoms with Crippen LogP contribution in [0.5, 0.6) is 0 Å². The fourth-order valence-corrected chi connectivity index (χ4v) is 3.77. The van der Waals surface area contributed by atoms with Gasteiger partial charge in [-0.25, -0.2) is 9.97 Å².